The highest BCUT2D eigenvalue weighted by atomic mass is 32.1. The van der Waals surface area contributed by atoms with E-state index in [0.29, 0.717) is 10.6 Å². The highest BCUT2D eigenvalue weighted by Gasteiger charge is 2.21. The van der Waals surface area contributed by atoms with Crippen molar-refractivity contribution < 1.29 is 4.79 Å². The number of aryl methyl sites for hydroxylation is 2. The van der Waals surface area contributed by atoms with E-state index in [0.717, 1.165) is 42.5 Å². The lowest BCUT2D eigenvalue weighted by Gasteiger charge is -2.09. The van der Waals surface area contributed by atoms with Gasteiger partial charge in [0.1, 0.15) is 11.1 Å². The molecule has 0 unspecified atom stereocenters. The number of nitrogens with zero attached hydrogens (tertiary/aromatic N) is 3. The van der Waals surface area contributed by atoms with Crippen LogP contribution in [-0.4, -0.2) is 15.7 Å². The first-order valence-electron chi connectivity index (χ1n) is 7.62. The van der Waals surface area contributed by atoms with Crippen LogP contribution in [0.2, 0.25) is 0 Å². The van der Waals surface area contributed by atoms with E-state index in [1.165, 1.54) is 22.3 Å². The molecule has 0 atom stereocenters. The summed E-state index contributed by atoms with van der Waals surface area (Å²) < 4.78 is 1.76. The molecule has 0 saturated carbocycles. The van der Waals surface area contributed by atoms with E-state index >= 15 is 0 Å². The minimum Gasteiger partial charge on any atom is -0.313 e. The molecule has 1 amide bonds. The first-order chi connectivity index (χ1) is 11.1. The van der Waals surface area contributed by atoms with E-state index in [9.17, 15) is 10.1 Å². The number of fused-ring (bicyclic) bond motifs is 1. The first kappa shape index (κ1) is 15.5. The predicted molar refractivity (Wildman–Crippen MR) is 91.3 cm³/mol. The van der Waals surface area contributed by atoms with E-state index < -0.39 is 0 Å². The van der Waals surface area contributed by atoms with Gasteiger partial charge in [0.05, 0.1) is 11.8 Å². The van der Waals surface area contributed by atoms with Gasteiger partial charge < -0.3 is 5.32 Å². The van der Waals surface area contributed by atoms with Gasteiger partial charge in [0, 0.05) is 29.3 Å². The number of thiophene rings is 1. The summed E-state index contributed by atoms with van der Waals surface area (Å²) in [5.41, 5.74) is 3.68. The Morgan fingerprint density at radius 2 is 2.26 bits per heavy atom. The van der Waals surface area contributed by atoms with Crippen molar-refractivity contribution in [3.8, 4) is 6.07 Å². The van der Waals surface area contributed by atoms with Crippen LogP contribution in [0.5, 0.6) is 0 Å². The number of anilines is 1. The van der Waals surface area contributed by atoms with Gasteiger partial charge in [-0.25, -0.2) is 0 Å². The van der Waals surface area contributed by atoms with Crippen LogP contribution in [0.15, 0.2) is 12.3 Å². The van der Waals surface area contributed by atoms with Gasteiger partial charge in [0.25, 0.3) is 0 Å². The normalized spacial score (nSPS) is 13.8. The third-order valence-corrected chi connectivity index (χ3v) is 5.41. The highest BCUT2D eigenvalue weighted by molar-refractivity contribution is 7.16. The fourth-order valence-electron chi connectivity index (χ4n) is 2.77. The lowest BCUT2D eigenvalue weighted by Crippen LogP contribution is -2.08. The third-order valence-electron chi connectivity index (χ3n) is 4.21. The molecule has 0 aliphatic heterocycles. The molecular weight excluding hydrogens is 308 g/mol. The van der Waals surface area contributed by atoms with Gasteiger partial charge in [-0.1, -0.05) is 0 Å². The molecule has 3 rings (SSSR count). The molecule has 0 aromatic carbocycles. The standard InChI is InChI=1S/C17H18N4OS/c1-11-12(10-19-21(11)2)7-8-16(22)20-17-14(9-18)13-5-3-4-6-15(13)23-17/h7-8,10H,3-6H2,1-2H3,(H,20,22). The molecule has 1 aliphatic carbocycles. The minimum absolute atomic E-state index is 0.219. The van der Waals surface area contributed by atoms with Crippen LogP contribution in [0, 0.1) is 18.3 Å². The molecule has 1 N–H and O–H groups in total. The lowest BCUT2D eigenvalue weighted by atomic mass is 9.96. The van der Waals surface area contributed by atoms with Crippen LogP contribution in [-0.2, 0) is 24.7 Å². The second kappa shape index (κ2) is 6.39. The zero-order valence-corrected chi connectivity index (χ0v) is 14.0. The zero-order chi connectivity index (χ0) is 16.4. The van der Waals surface area contributed by atoms with Crippen molar-refractivity contribution >= 4 is 28.3 Å². The lowest BCUT2D eigenvalue weighted by molar-refractivity contribution is -0.111. The Bertz CT molecular complexity index is 822. The molecule has 2 aromatic rings. The van der Waals surface area contributed by atoms with Gasteiger partial charge in [-0.05, 0) is 44.2 Å². The second-order valence-electron chi connectivity index (χ2n) is 5.66. The van der Waals surface area contributed by atoms with Crippen LogP contribution < -0.4 is 5.32 Å². The highest BCUT2D eigenvalue weighted by Crippen LogP contribution is 2.37. The van der Waals surface area contributed by atoms with Gasteiger partial charge in [-0.3, -0.25) is 9.48 Å². The Labute approximate surface area is 139 Å². The Balaban J connectivity index is 1.77. The van der Waals surface area contributed by atoms with Gasteiger partial charge in [-0.15, -0.1) is 11.3 Å². The maximum absolute atomic E-state index is 12.2. The molecule has 6 heteroatoms. The summed E-state index contributed by atoms with van der Waals surface area (Å²) in [5, 5.41) is 17.1. The molecule has 0 saturated heterocycles. The molecule has 0 spiro atoms. The Morgan fingerprint density at radius 3 is 2.96 bits per heavy atom. The van der Waals surface area contributed by atoms with Crippen molar-refractivity contribution in [3.05, 3.63) is 39.5 Å². The first-order valence-corrected chi connectivity index (χ1v) is 8.44. The third kappa shape index (κ3) is 3.06. The number of hydrogen-bond donors (Lipinski definition) is 1. The van der Waals surface area contributed by atoms with Crippen molar-refractivity contribution in [3.63, 3.8) is 0 Å². The summed E-state index contributed by atoms with van der Waals surface area (Å²) in [6, 6.07) is 2.25. The smallest absolute Gasteiger partial charge is 0.249 e. The molecule has 2 heterocycles. The topological polar surface area (TPSA) is 70.7 Å². The largest absolute Gasteiger partial charge is 0.313 e. The molecule has 0 radical (unpaired) electrons. The maximum atomic E-state index is 12.2. The minimum atomic E-state index is -0.219. The molecule has 2 aromatic heterocycles. The van der Waals surface area contributed by atoms with Crippen molar-refractivity contribution in [2.24, 2.45) is 7.05 Å². The molecule has 23 heavy (non-hydrogen) atoms. The van der Waals surface area contributed by atoms with E-state index in [1.807, 2.05) is 14.0 Å². The van der Waals surface area contributed by atoms with Gasteiger partial charge in [0.15, 0.2) is 0 Å². The van der Waals surface area contributed by atoms with Crippen LogP contribution in [0.3, 0.4) is 0 Å². The zero-order valence-electron chi connectivity index (χ0n) is 13.2. The fourth-order valence-corrected chi connectivity index (χ4v) is 4.01. The van der Waals surface area contributed by atoms with E-state index in [-0.39, 0.29) is 5.91 Å². The molecular formula is C17H18N4OS. The SMILES string of the molecule is Cc1c(C=CC(=O)Nc2sc3c(c2C#N)CCCC3)cnn1C. The fraction of sp³-hybridized carbons (Fsp3) is 0.353. The summed E-state index contributed by atoms with van der Waals surface area (Å²) in [5.74, 6) is -0.219. The summed E-state index contributed by atoms with van der Waals surface area (Å²) in [4.78, 5) is 13.4. The monoisotopic (exact) mass is 326 g/mol. The Hall–Kier alpha value is -2.39. The predicted octanol–water partition coefficient (Wildman–Crippen LogP) is 3.19. The number of amides is 1. The Kier molecular flexibility index (Phi) is 4.30. The van der Waals surface area contributed by atoms with Crippen LogP contribution >= 0.6 is 11.3 Å². The quantitative estimate of drug-likeness (QED) is 0.881. The Morgan fingerprint density at radius 1 is 1.48 bits per heavy atom. The molecule has 0 fully saturated rings. The number of hydrogen-bond acceptors (Lipinski definition) is 4. The summed E-state index contributed by atoms with van der Waals surface area (Å²) in [7, 11) is 1.86. The molecule has 1 aliphatic rings. The number of nitriles is 1. The molecule has 5 nitrogen and oxygen atoms in total. The van der Waals surface area contributed by atoms with Gasteiger partial charge in [-0.2, -0.15) is 10.4 Å². The average molecular weight is 326 g/mol. The maximum Gasteiger partial charge on any atom is 0.249 e. The summed E-state index contributed by atoms with van der Waals surface area (Å²) in [6.07, 6.45) is 9.19. The summed E-state index contributed by atoms with van der Waals surface area (Å²) >= 11 is 1.54. The van der Waals surface area contributed by atoms with Crippen LogP contribution in [0.1, 0.15) is 40.1 Å². The van der Waals surface area contributed by atoms with Crippen LogP contribution in [0.25, 0.3) is 6.08 Å². The number of rotatable bonds is 3. The number of carbonyl (C=O) groups excluding carboxylic acids is 1. The van der Waals surface area contributed by atoms with Crippen molar-refractivity contribution in [2.45, 2.75) is 32.6 Å². The van der Waals surface area contributed by atoms with Crippen molar-refractivity contribution in [1.29, 1.82) is 5.26 Å². The van der Waals surface area contributed by atoms with Gasteiger partial charge in [0.2, 0.25) is 5.91 Å². The van der Waals surface area contributed by atoms with E-state index in [1.54, 1.807) is 17.0 Å². The van der Waals surface area contributed by atoms with E-state index in [2.05, 4.69) is 16.5 Å². The van der Waals surface area contributed by atoms with Crippen molar-refractivity contribution in [2.75, 3.05) is 5.32 Å². The van der Waals surface area contributed by atoms with Crippen molar-refractivity contribution in [1.82, 2.24) is 9.78 Å². The number of aromatic nitrogens is 2. The van der Waals surface area contributed by atoms with E-state index in [4.69, 9.17) is 0 Å². The average Bonchev–Trinajstić information content (AvgIpc) is 3.06. The molecule has 0 bridgehead atoms. The molecule has 118 valence electrons. The second-order valence-corrected chi connectivity index (χ2v) is 6.76. The van der Waals surface area contributed by atoms with Gasteiger partial charge >= 0.3 is 0 Å². The number of carbonyl (C=O) groups is 1. The number of nitrogens with one attached hydrogen (secondary N) is 1. The van der Waals surface area contributed by atoms with Crippen LogP contribution in [0.4, 0.5) is 5.00 Å². The summed E-state index contributed by atoms with van der Waals surface area (Å²) in [6.45, 7) is 1.95.